The summed E-state index contributed by atoms with van der Waals surface area (Å²) in [5.41, 5.74) is 1.04. The third-order valence-electron chi connectivity index (χ3n) is 2.75. The zero-order chi connectivity index (χ0) is 14.4. The van der Waals surface area contributed by atoms with Gasteiger partial charge in [0.1, 0.15) is 5.76 Å². The SMILES string of the molecule is CC(=S)N[C@H](C(=O)NCc1ccccc1)c1ccco1. The second-order valence-electron chi connectivity index (χ2n) is 4.35. The first-order valence-corrected chi connectivity index (χ1v) is 6.70. The summed E-state index contributed by atoms with van der Waals surface area (Å²) in [7, 11) is 0. The van der Waals surface area contributed by atoms with Crippen molar-refractivity contribution in [3.05, 3.63) is 60.1 Å². The molecule has 1 aromatic heterocycles. The van der Waals surface area contributed by atoms with Crippen LogP contribution in [0.3, 0.4) is 0 Å². The number of furan rings is 1. The van der Waals surface area contributed by atoms with Crippen molar-refractivity contribution in [2.24, 2.45) is 0 Å². The Bertz CT molecular complexity index is 567. The highest BCUT2D eigenvalue weighted by atomic mass is 32.1. The molecule has 1 atom stereocenters. The molecule has 0 aliphatic carbocycles. The number of benzene rings is 1. The summed E-state index contributed by atoms with van der Waals surface area (Å²) >= 11 is 5.01. The molecule has 2 rings (SSSR count). The first-order valence-electron chi connectivity index (χ1n) is 6.29. The van der Waals surface area contributed by atoms with E-state index in [1.54, 1.807) is 19.1 Å². The molecule has 2 N–H and O–H groups in total. The molecule has 1 heterocycles. The lowest BCUT2D eigenvalue weighted by molar-refractivity contribution is -0.123. The van der Waals surface area contributed by atoms with E-state index in [9.17, 15) is 4.79 Å². The Labute approximate surface area is 123 Å². The summed E-state index contributed by atoms with van der Waals surface area (Å²) < 4.78 is 5.29. The molecular formula is C15H16N2O2S. The molecule has 0 saturated carbocycles. The van der Waals surface area contributed by atoms with Crippen molar-refractivity contribution in [1.82, 2.24) is 10.6 Å². The summed E-state index contributed by atoms with van der Waals surface area (Å²) in [5.74, 6) is 0.368. The normalized spacial score (nSPS) is 11.7. The quantitative estimate of drug-likeness (QED) is 0.830. The second kappa shape index (κ2) is 6.86. The fraction of sp³-hybridized carbons (Fsp3) is 0.200. The Kier molecular flexibility index (Phi) is 4.90. The lowest BCUT2D eigenvalue weighted by atomic mass is 10.2. The molecule has 1 aromatic carbocycles. The highest BCUT2D eigenvalue weighted by Gasteiger charge is 2.22. The van der Waals surface area contributed by atoms with E-state index >= 15 is 0 Å². The predicted molar refractivity (Wildman–Crippen MR) is 81.1 cm³/mol. The minimum absolute atomic E-state index is 0.173. The number of carbonyl (C=O) groups is 1. The number of hydrogen-bond donors (Lipinski definition) is 2. The van der Waals surface area contributed by atoms with Crippen LogP contribution in [-0.4, -0.2) is 10.9 Å². The molecule has 0 aliphatic heterocycles. The molecule has 0 aliphatic rings. The van der Waals surface area contributed by atoms with Gasteiger partial charge in [0.15, 0.2) is 6.04 Å². The van der Waals surface area contributed by atoms with Gasteiger partial charge in [0, 0.05) is 6.54 Å². The molecule has 0 fully saturated rings. The van der Waals surface area contributed by atoms with E-state index in [1.807, 2.05) is 30.3 Å². The number of amides is 1. The van der Waals surface area contributed by atoms with Crippen LogP contribution in [0, 0.1) is 0 Å². The highest BCUT2D eigenvalue weighted by Crippen LogP contribution is 2.14. The Morgan fingerprint density at radius 1 is 1.25 bits per heavy atom. The van der Waals surface area contributed by atoms with Gasteiger partial charge in [-0.3, -0.25) is 4.79 Å². The van der Waals surface area contributed by atoms with E-state index in [-0.39, 0.29) is 5.91 Å². The van der Waals surface area contributed by atoms with Gasteiger partial charge in [0.05, 0.1) is 11.3 Å². The van der Waals surface area contributed by atoms with Crippen LogP contribution in [0.1, 0.15) is 24.3 Å². The molecule has 0 radical (unpaired) electrons. The topological polar surface area (TPSA) is 54.3 Å². The smallest absolute Gasteiger partial charge is 0.250 e. The molecule has 104 valence electrons. The van der Waals surface area contributed by atoms with Crippen LogP contribution in [0.15, 0.2) is 53.1 Å². The van der Waals surface area contributed by atoms with E-state index in [2.05, 4.69) is 10.6 Å². The summed E-state index contributed by atoms with van der Waals surface area (Å²) in [5, 5.41) is 5.82. The maximum Gasteiger partial charge on any atom is 0.250 e. The Balaban J connectivity index is 2.02. The molecular weight excluding hydrogens is 272 g/mol. The lowest BCUT2D eigenvalue weighted by Crippen LogP contribution is -2.38. The van der Waals surface area contributed by atoms with Gasteiger partial charge in [-0.15, -0.1) is 0 Å². The summed E-state index contributed by atoms with van der Waals surface area (Å²) in [4.78, 5) is 12.8. The lowest BCUT2D eigenvalue weighted by Gasteiger charge is -2.16. The minimum Gasteiger partial charge on any atom is -0.467 e. The van der Waals surface area contributed by atoms with Gasteiger partial charge < -0.3 is 15.1 Å². The summed E-state index contributed by atoms with van der Waals surface area (Å²) in [6.45, 7) is 2.20. The van der Waals surface area contributed by atoms with Crippen molar-refractivity contribution in [2.75, 3.05) is 0 Å². The van der Waals surface area contributed by atoms with Crippen molar-refractivity contribution in [3.8, 4) is 0 Å². The number of carbonyl (C=O) groups excluding carboxylic acids is 1. The van der Waals surface area contributed by atoms with Crippen molar-refractivity contribution < 1.29 is 9.21 Å². The van der Waals surface area contributed by atoms with Crippen LogP contribution < -0.4 is 10.6 Å². The zero-order valence-electron chi connectivity index (χ0n) is 11.1. The summed E-state index contributed by atoms with van der Waals surface area (Å²) in [6.07, 6.45) is 1.53. The van der Waals surface area contributed by atoms with Crippen LogP contribution in [0.5, 0.6) is 0 Å². The third-order valence-corrected chi connectivity index (χ3v) is 2.86. The van der Waals surface area contributed by atoms with Crippen molar-refractivity contribution in [2.45, 2.75) is 19.5 Å². The second-order valence-corrected chi connectivity index (χ2v) is 4.96. The molecule has 0 spiro atoms. The highest BCUT2D eigenvalue weighted by molar-refractivity contribution is 7.80. The van der Waals surface area contributed by atoms with Gasteiger partial charge in [-0.1, -0.05) is 42.5 Å². The van der Waals surface area contributed by atoms with E-state index < -0.39 is 6.04 Å². The average Bonchev–Trinajstić information content (AvgIpc) is 2.97. The number of rotatable bonds is 5. The minimum atomic E-state index is -0.605. The maximum absolute atomic E-state index is 12.3. The molecule has 0 saturated heterocycles. The van der Waals surface area contributed by atoms with Gasteiger partial charge in [0.2, 0.25) is 0 Å². The van der Waals surface area contributed by atoms with Gasteiger partial charge in [0.25, 0.3) is 5.91 Å². The molecule has 1 amide bonds. The van der Waals surface area contributed by atoms with Crippen LogP contribution in [-0.2, 0) is 11.3 Å². The van der Waals surface area contributed by atoms with Gasteiger partial charge in [-0.2, -0.15) is 0 Å². The van der Waals surface area contributed by atoms with Crippen LogP contribution in [0.4, 0.5) is 0 Å². The van der Waals surface area contributed by atoms with Crippen molar-refractivity contribution in [1.29, 1.82) is 0 Å². The van der Waals surface area contributed by atoms with Gasteiger partial charge in [-0.05, 0) is 24.6 Å². The maximum atomic E-state index is 12.3. The van der Waals surface area contributed by atoms with Crippen molar-refractivity contribution in [3.63, 3.8) is 0 Å². The van der Waals surface area contributed by atoms with Crippen molar-refractivity contribution >= 4 is 23.1 Å². The fourth-order valence-electron chi connectivity index (χ4n) is 1.81. The largest absolute Gasteiger partial charge is 0.467 e. The molecule has 5 heteroatoms. The first-order chi connectivity index (χ1) is 9.66. The molecule has 4 nitrogen and oxygen atoms in total. The van der Waals surface area contributed by atoms with Crippen LogP contribution >= 0.6 is 12.2 Å². The summed E-state index contributed by atoms with van der Waals surface area (Å²) in [6, 6.07) is 12.6. The van der Waals surface area contributed by atoms with E-state index in [0.717, 1.165) is 5.56 Å². The Morgan fingerprint density at radius 3 is 2.60 bits per heavy atom. The predicted octanol–water partition coefficient (Wildman–Crippen LogP) is 2.57. The zero-order valence-corrected chi connectivity index (χ0v) is 11.9. The van der Waals surface area contributed by atoms with Crippen LogP contribution in [0.2, 0.25) is 0 Å². The van der Waals surface area contributed by atoms with E-state index in [1.165, 1.54) is 6.26 Å². The van der Waals surface area contributed by atoms with Crippen LogP contribution in [0.25, 0.3) is 0 Å². The third kappa shape index (κ3) is 3.93. The van der Waals surface area contributed by atoms with Gasteiger partial charge in [-0.25, -0.2) is 0 Å². The number of thiocarbonyl (C=S) groups is 1. The Morgan fingerprint density at radius 2 is 2.00 bits per heavy atom. The van der Waals surface area contributed by atoms with Gasteiger partial charge >= 0.3 is 0 Å². The molecule has 20 heavy (non-hydrogen) atoms. The number of hydrogen-bond acceptors (Lipinski definition) is 3. The van der Waals surface area contributed by atoms with E-state index in [0.29, 0.717) is 17.3 Å². The monoisotopic (exact) mass is 288 g/mol. The standard InChI is InChI=1S/C15H16N2O2S/c1-11(20)17-14(13-8-5-9-19-13)15(18)16-10-12-6-3-2-4-7-12/h2-9,14H,10H2,1H3,(H,16,18)(H,17,20)/t14-/m0/s1. The fourth-order valence-corrected chi connectivity index (χ4v) is 1.93. The molecule has 2 aromatic rings. The average molecular weight is 288 g/mol. The Hall–Kier alpha value is -2.14. The van der Waals surface area contributed by atoms with E-state index in [4.69, 9.17) is 16.6 Å². The number of nitrogens with one attached hydrogen (secondary N) is 2. The molecule has 0 unspecified atom stereocenters. The molecule has 0 bridgehead atoms. The first kappa shape index (κ1) is 14.3.